The molecule has 0 saturated carbocycles. The summed E-state index contributed by atoms with van der Waals surface area (Å²) in [7, 11) is 1.62. The van der Waals surface area contributed by atoms with E-state index in [2.05, 4.69) is 49.9 Å². The topological polar surface area (TPSA) is 30.5 Å². The highest BCUT2D eigenvalue weighted by Crippen LogP contribution is 2.35. The van der Waals surface area contributed by atoms with E-state index in [0.717, 1.165) is 24.9 Å². The van der Waals surface area contributed by atoms with Gasteiger partial charge in [0.05, 0.1) is 10.7 Å². The Labute approximate surface area is 180 Å². The molecule has 0 aromatic heterocycles. The van der Waals surface area contributed by atoms with Gasteiger partial charge >= 0.3 is 0 Å². The zero-order valence-corrected chi connectivity index (χ0v) is 18.4. The fraction of sp³-hybridized carbons (Fsp3) is 0.143. The fourth-order valence-corrected chi connectivity index (χ4v) is 3.66. The van der Waals surface area contributed by atoms with Crippen LogP contribution in [0.5, 0.6) is 11.5 Å². The van der Waals surface area contributed by atoms with Gasteiger partial charge in [-0.15, -0.1) is 0 Å². The van der Waals surface area contributed by atoms with Crippen LogP contribution in [0.3, 0.4) is 0 Å². The first-order valence-electron chi connectivity index (χ1n) is 8.28. The largest absolute Gasteiger partial charge is 0.493 e. The molecule has 6 heteroatoms. The number of rotatable bonds is 7. The van der Waals surface area contributed by atoms with Gasteiger partial charge in [-0.05, 0) is 82.2 Å². The molecule has 3 nitrogen and oxygen atoms in total. The lowest BCUT2D eigenvalue weighted by molar-refractivity contribution is 0.281. The SMILES string of the molecule is COc1cc(CNc2ccc(Br)cc2)cc(I)c1OCc1cccc(F)c1. The highest BCUT2D eigenvalue weighted by Gasteiger charge is 2.12. The maximum atomic E-state index is 13.3. The summed E-state index contributed by atoms with van der Waals surface area (Å²) in [5, 5.41) is 3.39. The summed E-state index contributed by atoms with van der Waals surface area (Å²) >= 11 is 5.66. The second kappa shape index (κ2) is 9.41. The number of methoxy groups -OCH3 is 1. The first-order chi connectivity index (χ1) is 13.0. The summed E-state index contributed by atoms with van der Waals surface area (Å²) in [5.41, 5.74) is 2.89. The van der Waals surface area contributed by atoms with Crippen LogP contribution in [-0.2, 0) is 13.2 Å². The van der Waals surface area contributed by atoms with Crippen molar-refractivity contribution in [3.05, 3.63) is 85.7 Å². The van der Waals surface area contributed by atoms with Gasteiger partial charge in [0.15, 0.2) is 11.5 Å². The van der Waals surface area contributed by atoms with Crippen molar-refractivity contribution in [1.29, 1.82) is 0 Å². The summed E-state index contributed by atoms with van der Waals surface area (Å²) in [6.07, 6.45) is 0. The lowest BCUT2D eigenvalue weighted by Crippen LogP contribution is -2.03. The van der Waals surface area contributed by atoms with Gasteiger partial charge in [-0.25, -0.2) is 4.39 Å². The van der Waals surface area contributed by atoms with Crippen molar-refractivity contribution in [2.75, 3.05) is 12.4 Å². The van der Waals surface area contributed by atoms with E-state index in [9.17, 15) is 4.39 Å². The van der Waals surface area contributed by atoms with E-state index in [0.29, 0.717) is 18.0 Å². The van der Waals surface area contributed by atoms with Crippen LogP contribution in [-0.4, -0.2) is 7.11 Å². The predicted molar refractivity (Wildman–Crippen MR) is 118 cm³/mol. The third kappa shape index (κ3) is 5.59. The molecule has 0 spiro atoms. The zero-order valence-electron chi connectivity index (χ0n) is 14.6. The summed E-state index contributed by atoms with van der Waals surface area (Å²) in [5.74, 6) is 1.05. The lowest BCUT2D eigenvalue weighted by Gasteiger charge is -2.15. The van der Waals surface area contributed by atoms with Gasteiger partial charge in [-0.2, -0.15) is 0 Å². The molecule has 0 saturated heterocycles. The molecule has 0 fully saturated rings. The van der Waals surface area contributed by atoms with Crippen LogP contribution >= 0.6 is 38.5 Å². The van der Waals surface area contributed by atoms with Crippen molar-refractivity contribution in [3.8, 4) is 11.5 Å². The van der Waals surface area contributed by atoms with Crippen molar-refractivity contribution >= 4 is 44.2 Å². The van der Waals surface area contributed by atoms with Gasteiger partial charge in [0.1, 0.15) is 12.4 Å². The molecule has 0 aliphatic heterocycles. The molecule has 140 valence electrons. The van der Waals surface area contributed by atoms with Crippen molar-refractivity contribution < 1.29 is 13.9 Å². The van der Waals surface area contributed by atoms with Crippen LogP contribution in [0.4, 0.5) is 10.1 Å². The van der Waals surface area contributed by atoms with Crippen LogP contribution in [0.2, 0.25) is 0 Å². The van der Waals surface area contributed by atoms with Crippen molar-refractivity contribution in [1.82, 2.24) is 0 Å². The average Bonchev–Trinajstić information content (AvgIpc) is 2.66. The van der Waals surface area contributed by atoms with Gasteiger partial charge in [0.25, 0.3) is 0 Å². The number of anilines is 1. The quantitative estimate of drug-likeness (QED) is 0.351. The number of benzene rings is 3. The van der Waals surface area contributed by atoms with E-state index in [-0.39, 0.29) is 12.4 Å². The van der Waals surface area contributed by atoms with Gasteiger partial charge in [0, 0.05) is 16.7 Å². The average molecular weight is 542 g/mol. The molecule has 3 rings (SSSR count). The maximum Gasteiger partial charge on any atom is 0.174 e. The molecule has 0 radical (unpaired) electrons. The van der Waals surface area contributed by atoms with E-state index < -0.39 is 0 Å². The van der Waals surface area contributed by atoms with E-state index in [1.165, 1.54) is 12.1 Å². The Bertz CT molecular complexity index is 919. The Morgan fingerprint density at radius 3 is 2.52 bits per heavy atom. The van der Waals surface area contributed by atoms with Crippen molar-refractivity contribution in [2.24, 2.45) is 0 Å². The van der Waals surface area contributed by atoms with Gasteiger partial charge in [-0.3, -0.25) is 0 Å². The highest BCUT2D eigenvalue weighted by molar-refractivity contribution is 14.1. The molecule has 0 bridgehead atoms. The maximum absolute atomic E-state index is 13.3. The Kier molecular flexibility index (Phi) is 6.95. The normalized spacial score (nSPS) is 10.5. The third-order valence-corrected chi connectivity index (χ3v) is 5.23. The molecule has 1 N–H and O–H groups in total. The fourth-order valence-electron chi connectivity index (χ4n) is 2.57. The van der Waals surface area contributed by atoms with E-state index in [1.54, 1.807) is 13.2 Å². The third-order valence-electron chi connectivity index (χ3n) is 3.90. The monoisotopic (exact) mass is 541 g/mol. The summed E-state index contributed by atoms with van der Waals surface area (Å²) in [6.45, 7) is 0.943. The second-order valence-corrected chi connectivity index (χ2v) is 7.97. The van der Waals surface area contributed by atoms with Crippen molar-refractivity contribution in [3.63, 3.8) is 0 Å². The van der Waals surface area contributed by atoms with Crippen LogP contribution in [0.15, 0.2) is 65.1 Å². The molecule has 0 amide bonds. The van der Waals surface area contributed by atoms with Gasteiger partial charge < -0.3 is 14.8 Å². The number of halogens is 3. The first kappa shape index (κ1) is 19.9. The van der Waals surface area contributed by atoms with E-state index >= 15 is 0 Å². The van der Waals surface area contributed by atoms with Crippen LogP contribution in [0.1, 0.15) is 11.1 Å². The number of ether oxygens (including phenoxy) is 2. The minimum atomic E-state index is -0.271. The molecular formula is C21H18BrFINO2. The standard InChI is InChI=1S/C21H18BrFINO2/c1-26-20-11-15(12-25-18-7-5-16(22)6-8-18)10-19(24)21(20)27-13-14-3-2-4-17(23)9-14/h2-11,25H,12-13H2,1H3. The lowest BCUT2D eigenvalue weighted by atomic mass is 10.2. The molecule has 0 aliphatic rings. The van der Waals surface area contributed by atoms with Crippen LogP contribution in [0.25, 0.3) is 0 Å². The Morgan fingerprint density at radius 2 is 1.81 bits per heavy atom. The molecule has 0 aliphatic carbocycles. The first-order valence-corrected chi connectivity index (χ1v) is 10.2. The summed E-state index contributed by atoms with van der Waals surface area (Å²) in [4.78, 5) is 0. The van der Waals surface area contributed by atoms with E-state index in [4.69, 9.17) is 9.47 Å². The Hall–Kier alpha value is -1.80. The highest BCUT2D eigenvalue weighted by atomic mass is 127. The molecule has 3 aromatic rings. The molecule has 0 unspecified atom stereocenters. The molecule has 3 aromatic carbocycles. The molecule has 0 heterocycles. The molecule has 27 heavy (non-hydrogen) atoms. The number of nitrogens with one attached hydrogen (secondary N) is 1. The predicted octanol–water partition coefficient (Wildman–Crippen LogP) is 6.39. The number of hydrogen-bond donors (Lipinski definition) is 1. The molecular weight excluding hydrogens is 524 g/mol. The number of hydrogen-bond acceptors (Lipinski definition) is 3. The minimum absolute atomic E-state index is 0.271. The Balaban J connectivity index is 1.71. The second-order valence-electron chi connectivity index (χ2n) is 5.89. The van der Waals surface area contributed by atoms with Gasteiger partial charge in [0.2, 0.25) is 0 Å². The molecule has 0 atom stereocenters. The Morgan fingerprint density at radius 1 is 1.04 bits per heavy atom. The zero-order chi connectivity index (χ0) is 19.2. The van der Waals surface area contributed by atoms with E-state index in [1.807, 2.05) is 36.4 Å². The smallest absolute Gasteiger partial charge is 0.174 e. The van der Waals surface area contributed by atoms with Gasteiger partial charge in [-0.1, -0.05) is 28.1 Å². The summed E-state index contributed by atoms with van der Waals surface area (Å²) in [6, 6.07) is 18.4. The van der Waals surface area contributed by atoms with Crippen LogP contribution in [0, 0.1) is 9.39 Å². The summed E-state index contributed by atoms with van der Waals surface area (Å²) < 4.78 is 26.7. The van der Waals surface area contributed by atoms with Crippen LogP contribution < -0.4 is 14.8 Å². The minimum Gasteiger partial charge on any atom is -0.493 e. The van der Waals surface area contributed by atoms with Crippen molar-refractivity contribution in [2.45, 2.75) is 13.2 Å².